The first-order chi connectivity index (χ1) is 12.1. The minimum atomic E-state index is -0.141. The minimum absolute atomic E-state index is 0.141. The number of rotatable bonds is 5. The van der Waals surface area contributed by atoms with Crippen molar-refractivity contribution in [1.82, 2.24) is 19.5 Å². The maximum atomic E-state index is 13.0. The largest absolute Gasteiger partial charge is 0.397 e. The summed E-state index contributed by atoms with van der Waals surface area (Å²) in [4.78, 5) is 26.5. The van der Waals surface area contributed by atoms with E-state index < -0.39 is 0 Å². The molecule has 1 aliphatic rings. The highest BCUT2D eigenvalue weighted by Gasteiger charge is 2.30. The van der Waals surface area contributed by atoms with Crippen molar-refractivity contribution in [2.75, 3.05) is 11.1 Å². The van der Waals surface area contributed by atoms with Crippen molar-refractivity contribution >= 4 is 34.0 Å². The Morgan fingerprint density at radius 1 is 1.44 bits per heavy atom. The van der Waals surface area contributed by atoms with Crippen molar-refractivity contribution < 1.29 is 0 Å². The van der Waals surface area contributed by atoms with Crippen molar-refractivity contribution in [3.05, 3.63) is 28.0 Å². The smallest absolute Gasteiger partial charge is 0.281 e. The Labute approximate surface area is 148 Å². The molecule has 3 aromatic rings. The number of aromatic nitrogens is 4. The minimum Gasteiger partial charge on any atom is -0.397 e. The van der Waals surface area contributed by atoms with E-state index in [2.05, 4.69) is 34.1 Å². The van der Waals surface area contributed by atoms with Crippen LogP contribution in [-0.4, -0.2) is 25.6 Å². The molecule has 0 aliphatic heterocycles. The first-order valence-corrected chi connectivity index (χ1v) is 9.35. The van der Waals surface area contributed by atoms with Gasteiger partial charge in [0, 0.05) is 29.7 Å². The maximum Gasteiger partial charge on any atom is 0.281 e. The number of nitrogens with two attached hydrogens (primary N) is 1. The van der Waals surface area contributed by atoms with Gasteiger partial charge in [-0.05, 0) is 26.2 Å². The van der Waals surface area contributed by atoms with Gasteiger partial charge in [-0.1, -0.05) is 6.92 Å². The molecule has 7 nitrogen and oxygen atoms in total. The molecule has 130 valence electrons. The molecule has 8 heteroatoms. The van der Waals surface area contributed by atoms with Gasteiger partial charge in [0.15, 0.2) is 11.3 Å². The third-order valence-corrected chi connectivity index (χ3v) is 5.21. The Morgan fingerprint density at radius 2 is 2.24 bits per heavy atom. The predicted molar refractivity (Wildman–Crippen MR) is 101 cm³/mol. The molecule has 1 saturated carbocycles. The number of hydrogen-bond acceptors (Lipinski definition) is 7. The summed E-state index contributed by atoms with van der Waals surface area (Å²) < 4.78 is 1.75. The normalized spacial score (nSPS) is 15.4. The molecule has 1 aliphatic carbocycles. The highest BCUT2D eigenvalue weighted by atomic mass is 32.1. The van der Waals surface area contributed by atoms with Crippen molar-refractivity contribution in [3.8, 4) is 10.7 Å². The summed E-state index contributed by atoms with van der Waals surface area (Å²) in [5.41, 5.74) is 8.10. The van der Waals surface area contributed by atoms with Gasteiger partial charge in [-0.15, -0.1) is 11.3 Å². The summed E-state index contributed by atoms with van der Waals surface area (Å²) in [5.74, 6) is 0.678. The Bertz CT molecular complexity index is 977. The van der Waals surface area contributed by atoms with Crippen LogP contribution >= 0.6 is 11.3 Å². The molecular weight excluding hydrogens is 336 g/mol. The lowest BCUT2D eigenvalue weighted by molar-refractivity contribution is 0.723. The van der Waals surface area contributed by atoms with Crippen LogP contribution < -0.4 is 16.6 Å². The van der Waals surface area contributed by atoms with E-state index in [9.17, 15) is 4.79 Å². The van der Waals surface area contributed by atoms with Gasteiger partial charge in [-0.3, -0.25) is 9.36 Å². The second-order valence-electron chi connectivity index (χ2n) is 6.43. The predicted octanol–water partition coefficient (Wildman–Crippen LogP) is 3.04. The first kappa shape index (κ1) is 16.0. The molecule has 1 fully saturated rings. The Kier molecular flexibility index (Phi) is 3.91. The molecule has 0 aromatic carbocycles. The zero-order valence-corrected chi connectivity index (χ0v) is 15.0. The van der Waals surface area contributed by atoms with E-state index in [1.165, 1.54) is 11.3 Å². The van der Waals surface area contributed by atoms with E-state index >= 15 is 0 Å². The van der Waals surface area contributed by atoms with Crippen molar-refractivity contribution in [2.24, 2.45) is 0 Å². The van der Waals surface area contributed by atoms with Crippen LogP contribution in [0.4, 0.5) is 11.5 Å². The van der Waals surface area contributed by atoms with Crippen LogP contribution in [0.3, 0.4) is 0 Å². The fourth-order valence-corrected chi connectivity index (χ4v) is 3.39. The van der Waals surface area contributed by atoms with E-state index in [0.29, 0.717) is 33.4 Å². The highest BCUT2D eigenvalue weighted by Crippen LogP contribution is 2.37. The molecule has 3 aromatic heterocycles. The Hall–Kier alpha value is -2.48. The van der Waals surface area contributed by atoms with Gasteiger partial charge in [0.1, 0.15) is 16.3 Å². The number of fused-ring (bicyclic) bond motifs is 1. The third kappa shape index (κ3) is 2.86. The Morgan fingerprint density at radius 3 is 2.88 bits per heavy atom. The molecule has 3 heterocycles. The fraction of sp³-hybridized carbons (Fsp3) is 0.412. The molecule has 25 heavy (non-hydrogen) atoms. The number of thiazole rings is 1. The number of pyridine rings is 1. The molecule has 4 rings (SSSR count). The number of nitrogen functional groups attached to an aromatic ring is 1. The lowest BCUT2D eigenvalue weighted by Gasteiger charge is -2.16. The molecule has 0 radical (unpaired) electrons. The molecule has 1 unspecified atom stereocenters. The number of nitrogens with zero attached hydrogens (tertiary/aromatic N) is 4. The van der Waals surface area contributed by atoms with Gasteiger partial charge in [-0.2, -0.15) is 0 Å². The monoisotopic (exact) mass is 356 g/mol. The van der Waals surface area contributed by atoms with Crippen LogP contribution in [-0.2, 0) is 0 Å². The van der Waals surface area contributed by atoms with E-state index in [1.807, 2.05) is 5.38 Å². The summed E-state index contributed by atoms with van der Waals surface area (Å²) in [6.45, 7) is 4.18. The highest BCUT2D eigenvalue weighted by molar-refractivity contribution is 7.13. The van der Waals surface area contributed by atoms with Crippen LogP contribution in [0.1, 0.15) is 39.2 Å². The molecular formula is C17H20N6OS. The van der Waals surface area contributed by atoms with Gasteiger partial charge < -0.3 is 11.1 Å². The maximum absolute atomic E-state index is 13.0. The Balaban J connectivity index is 1.96. The summed E-state index contributed by atoms with van der Waals surface area (Å²) >= 11 is 1.40. The SMILES string of the molecule is CCC(C)Nc1cc(N)c2nc(-c3nccs3)c(=O)n(C3CC3)c2n1. The summed E-state index contributed by atoms with van der Waals surface area (Å²) in [5, 5.41) is 5.78. The summed E-state index contributed by atoms with van der Waals surface area (Å²) in [6.07, 6.45) is 4.59. The molecule has 0 bridgehead atoms. The standard InChI is InChI=1S/C17H20N6OS/c1-3-9(2)20-12-8-11(18)13-15(21-12)23(10-4-5-10)17(24)14(22-13)16-19-6-7-25-16/h6-10H,3-5H2,1-2H3,(H3,18,20,21). The van der Waals surface area contributed by atoms with Crippen LogP contribution in [0.5, 0.6) is 0 Å². The summed E-state index contributed by atoms with van der Waals surface area (Å²) in [7, 11) is 0. The van der Waals surface area contributed by atoms with E-state index in [4.69, 9.17) is 5.73 Å². The van der Waals surface area contributed by atoms with Gasteiger partial charge in [-0.25, -0.2) is 15.0 Å². The fourth-order valence-electron chi connectivity index (χ4n) is 2.78. The van der Waals surface area contributed by atoms with E-state index in [-0.39, 0.29) is 17.6 Å². The van der Waals surface area contributed by atoms with E-state index in [1.54, 1.807) is 16.8 Å². The lowest BCUT2D eigenvalue weighted by atomic mass is 10.2. The average molecular weight is 356 g/mol. The zero-order chi connectivity index (χ0) is 17.6. The molecule has 0 amide bonds. The number of anilines is 2. The molecule has 3 N–H and O–H groups in total. The van der Waals surface area contributed by atoms with Crippen molar-refractivity contribution in [2.45, 2.75) is 45.2 Å². The third-order valence-electron chi connectivity index (χ3n) is 4.43. The van der Waals surface area contributed by atoms with Gasteiger partial charge in [0.05, 0.1) is 5.69 Å². The number of hydrogen-bond donors (Lipinski definition) is 2. The van der Waals surface area contributed by atoms with Crippen molar-refractivity contribution in [3.63, 3.8) is 0 Å². The average Bonchev–Trinajstić information content (AvgIpc) is 3.27. The second-order valence-corrected chi connectivity index (χ2v) is 7.32. The quantitative estimate of drug-likeness (QED) is 0.729. The van der Waals surface area contributed by atoms with Gasteiger partial charge in [0.25, 0.3) is 5.56 Å². The van der Waals surface area contributed by atoms with Gasteiger partial charge in [0.2, 0.25) is 0 Å². The topological polar surface area (TPSA) is 98.7 Å². The number of nitrogens with one attached hydrogen (secondary N) is 1. The van der Waals surface area contributed by atoms with Crippen LogP contribution in [0.2, 0.25) is 0 Å². The summed E-state index contributed by atoms with van der Waals surface area (Å²) in [6, 6.07) is 2.23. The molecule has 0 spiro atoms. The second kappa shape index (κ2) is 6.11. The first-order valence-electron chi connectivity index (χ1n) is 8.47. The van der Waals surface area contributed by atoms with E-state index in [0.717, 1.165) is 19.3 Å². The molecule has 0 saturated heterocycles. The lowest BCUT2D eigenvalue weighted by Crippen LogP contribution is -2.24. The zero-order valence-electron chi connectivity index (χ0n) is 14.2. The van der Waals surface area contributed by atoms with Gasteiger partial charge >= 0.3 is 0 Å². The van der Waals surface area contributed by atoms with Crippen LogP contribution in [0.25, 0.3) is 21.9 Å². The van der Waals surface area contributed by atoms with Crippen LogP contribution in [0, 0.1) is 0 Å². The van der Waals surface area contributed by atoms with Crippen molar-refractivity contribution in [1.29, 1.82) is 0 Å². The van der Waals surface area contributed by atoms with Crippen LogP contribution in [0.15, 0.2) is 22.4 Å². The molecule has 1 atom stereocenters.